The summed E-state index contributed by atoms with van der Waals surface area (Å²) in [7, 11) is -5.80. The van der Waals surface area contributed by atoms with Crippen molar-refractivity contribution in [3.05, 3.63) is 70.6 Å². The normalized spacial score (nSPS) is 22.5. The summed E-state index contributed by atoms with van der Waals surface area (Å²) in [6.45, 7) is 3.46. The molecule has 3 saturated heterocycles. The van der Waals surface area contributed by atoms with Gasteiger partial charge < -0.3 is 29.8 Å². The molecule has 0 aliphatic carbocycles. The fraction of sp³-hybridized carbons (Fsp3) is 0.471. The van der Waals surface area contributed by atoms with E-state index in [2.05, 4.69) is 5.32 Å². The Bertz CT molecular complexity index is 1800. The molecule has 0 bridgehead atoms. The van der Waals surface area contributed by atoms with E-state index >= 15 is 0 Å². The van der Waals surface area contributed by atoms with Crippen molar-refractivity contribution in [2.45, 2.75) is 75.2 Å². The molecule has 262 valence electrons. The minimum absolute atomic E-state index is 0.0831. The summed E-state index contributed by atoms with van der Waals surface area (Å²) in [5.41, 5.74) is -4.30. The third-order valence-corrected chi connectivity index (χ3v) is 12.0. The number of hydrogen-bond donors (Lipinski definition) is 3. The molecule has 2 aromatic carbocycles. The topological polar surface area (TPSA) is 148 Å². The van der Waals surface area contributed by atoms with Crippen LogP contribution in [0.15, 0.2) is 54.6 Å². The Morgan fingerprint density at radius 1 is 1.00 bits per heavy atom. The summed E-state index contributed by atoms with van der Waals surface area (Å²) in [4.78, 5) is 78.8. The van der Waals surface area contributed by atoms with Crippen LogP contribution in [0, 0.1) is 0 Å². The van der Waals surface area contributed by atoms with E-state index in [1.165, 1.54) is 12.1 Å². The number of fused-ring (bicyclic) bond motifs is 2. The van der Waals surface area contributed by atoms with Gasteiger partial charge in [0.1, 0.15) is 12.1 Å². The van der Waals surface area contributed by atoms with Gasteiger partial charge in [0, 0.05) is 48.9 Å². The van der Waals surface area contributed by atoms with Crippen molar-refractivity contribution in [1.82, 2.24) is 20.0 Å². The molecule has 0 spiro atoms. The van der Waals surface area contributed by atoms with E-state index in [0.717, 1.165) is 41.9 Å². The van der Waals surface area contributed by atoms with Crippen LogP contribution in [0.25, 0.3) is 10.1 Å². The minimum atomic E-state index is -5.80. The van der Waals surface area contributed by atoms with Gasteiger partial charge in [-0.15, -0.1) is 11.3 Å². The van der Waals surface area contributed by atoms with Crippen LogP contribution < -0.4 is 5.32 Å². The lowest BCUT2D eigenvalue weighted by Crippen LogP contribution is -2.61. The smallest absolute Gasteiger partial charge is 0.341 e. The Morgan fingerprint density at radius 3 is 2.41 bits per heavy atom. The van der Waals surface area contributed by atoms with Gasteiger partial charge in [0.25, 0.3) is 5.91 Å². The van der Waals surface area contributed by atoms with Gasteiger partial charge in [0.15, 0.2) is 0 Å². The number of halogens is 2. The zero-order valence-corrected chi connectivity index (χ0v) is 28.7. The predicted molar refractivity (Wildman–Crippen MR) is 179 cm³/mol. The molecule has 11 nitrogen and oxygen atoms in total. The second kappa shape index (κ2) is 13.9. The molecule has 49 heavy (non-hydrogen) atoms. The van der Waals surface area contributed by atoms with E-state index in [9.17, 15) is 42.3 Å². The first kappa shape index (κ1) is 35.1. The van der Waals surface area contributed by atoms with Crippen LogP contribution in [-0.4, -0.2) is 92.4 Å². The molecule has 3 aromatic rings. The molecular formula is C34H39F2N4O7PS. The number of rotatable bonds is 8. The van der Waals surface area contributed by atoms with E-state index in [1.54, 1.807) is 14.7 Å². The first-order valence-electron chi connectivity index (χ1n) is 16.5. The third kappa shape index (κ3) is 7.15. The van der Waals surface area contributed by atoms with E-state index in [0.29, 0.717) is 43.6 Å². The zero-order valence-electron chi connectivity index (χ0n) is 27.0. The molecule has 1 unspecified atom stereocenters. The highest BCUT2D eigenvalue weighted by Gasteiger charge is 2.50. The fourth-order valence-electron chi connectivity index (χ4n) is 7.13. The lowest BCUT2D eigenvalue weighted by atomic mass is 9.96. The van der Waals surface area contributed by atoms with Crippen molar-refractivity contribution in [2.75, 3.05) is 26.2 Å². The van der Waals surface area contributed by atoms with Gasteiger partial charge in [-0.1, -0.05) is 43.3 Å². The average molecular weight is 717 g/mol. The molecule has 1 aromatic heterocycles. The van der Waals surface area contributed by atoms with Crippen LogP contribution in [0.5, 0.6) is 0 Å². The van der Waals surface area contributed by atoms with E-state index in [-0.39, 0.29) is 47.0 Å². The Morgan fingerprint density at radius 2 is 1.71 bits per heavy atom. The van der Waals surface area contributed by atoms with Gasteiger partial charge in [-0.3, -0.25) is 23.7 Å². The molecule has 0 radical (unpaired) electrons. The van der Waals surface area contributed by atoms with Crippen molar-refractivity contribution in [3.8, 4) is 0 Å². The number of carbonyl (C=O) groups is 4. The van der Waals surface area contributed by atoms with Crippen LogP contribution >= 0.6 is 18.9 Å². The Labute approximate surface area is 286 Å². The second-order valence-corrected chi connectivity index (χ2v) is 15.9. The summed E-state index contributed by atoms with van der Waals surface area (Å²) >= 11 is 0.969. The molecule has 0 saturated carbocycles. The number of benzene rings is 2. The number of hydrogen-bond acceptors (Lipinski definition) is 6. The van der Waals surface area contributed by atoms with Gasteiger partial charge >= 0.3 is 13.3 Å². The van der Waals surface area contributed by atoms with Gasteiger partial charge in [0.05, 0.1) is 4.88 Å². The second-order valence-electron chi connectivity index (χ2n) is 13.1. The van der Waals surface area contributed by atoms with Gasteiger partial charge in [-0.05, 0) is 67.2 Å². The molecule has 4 atom stereocenters. The maximum absolute atomic E-state index is 14.4. The zero-order chi connectivity index (χ0) is 35.1. The van der Waals surface area contributed by atoms with Crippen LogP contribution in [0.2, 0.25) is 0 Å². The SMILES string of the molecule is C[C@@H](CC(=O)N1CC[C@H]2CC[C@@H](C(=O)N3CCCC3)N2C(=O)C(NC(=O)c2cc3cc(C(F)(F)P(=O)(O)O)ccc3s2)C1)c1ccccc1. The molecule has 6 rings (SSSR count). The van der Waals surface area contributed by atoms with Gasteiger partial charge in [0.2, 0.25) is 17.7 Å². The highest BCUT2D eigenvalue weighted by molar-refractivity contribution is 7.52. The van der Waals surface area contributed by atoms with Crippen LogP contribution in [0.1, 0.15) is 72.2 Å². The maximum atomic E-state index is 14.4. The summed E-state index contributed by atoms with van der Waals surface area (Å²) in [6.07, 6.45) is 3.59. The molecule has 4 amide bonds. The quantitative estimate of drug-likeness (QED) is 0.288. The lowest BCUT2D eigenvalue weighted by molar-refractivity contribution is -0.148. The molecule has 3 aliphatic rings. The Balaban J connectivity index is 1.27. The molecule has 4 heterocycles. The number of amides is 4. The molecule has 3 aliphatic heterocycles. The highest BCUT2D eigenvalue weighted by atomic mass is 32.1. The number of thiophene rings is 1. The largest absolute Gasteiger partial charge is 0.399 e. The van der Waals surface area contributed by atoms with Crippen LogP contribution in [-0.2, 0) is 24.6 Å². The van der Waals surface area contributed by atoms with Crippen molar-refractivity contribution in [2.24, 2.45) is 0 Å². The van der Waals surface area contributed by atoms with Gasteiger partial charge in [-0.2, -0.15) is 8.78 Å². The minimum Gasteiger partial charge on any atom is -0.341 e. The van der Waals surface area contributed by atoms with Crippen molar-refractivity contribution in [3.63, 3.8) is 0 Å². The molecule has 3 fully saturated rings. The summed E-state index contributed by atoms with van der Waals surface area (Å²) in [5, 5.41) is 2.96. The van der Waals surface area contributed by atoms with Crippen LogP contribution in [0.3, 0.4) is 0 Å². The number of carbonyl (C=O) groups excluding carboxylic acids is 4. The van der Waals surface area contributed by atoms with Crippen molar-refractivity contribution >= 4 is 52.6 Å². The summed E-state index contributed by atoms with van der Waals surface area (Å²) in [5.74, 6) is -1.48. The van der Waals surface area contributed by atoms with Crippen molar-refractivity contribution in [1.29, 1.82) is 0 Å². The van der Waals surface area contributed by atoms with E-state index < -0.39 is 42.7 Å². The highest BCUT2D eigenvalue weighted by Crippen LogP contribution is 2.59. The number of nitrogens with zero attached hydrogens (tertiary/aromatic N) is 3. The summed E-state index contributed by atoms with van der Waals surface area (Å²) < 4.78 is 40.7. The fourth-order valence-corrected chi connectivity index (χ4v) is 8.55. The number of nitrogens with one attached hydrogen (secondary N) is 1. The predicted octanol–water partition coefficient (Wildman–Crippen LogP) is 4.63. The van der Waals surface area contributed by atoms with Gasteiger partial charge in [-0.25, -0.2) is 0 Å². The molecule has 15 heteroatoms. The summed E-state index contributed by atoms with van der Waals surface area (Å²) in [6, 6.07) is 11.9. The standard InChI is InChI=1S/C34H39F2N4O7PS/c1-21(22-7-3-2-4-8-22)17-30(41)39-16-13-25-10-11-27(33(44)38-14-5-6-15-38)40(25)32(43)26(20-39)37-31(42)29-19-23-18-24(9-12-28(23)49-29)34(35,36)48(45,46)47/h2-4,7-9,12,18-19,21,25-27H,5-6,10-11,13-17,20H2,1H3,(H,37,42)(H2,45,46,47)/t21-,25+,26?,27-/m0/s1. The lowest BCUT2D eigenvalue weighted by Gasteiger charge is -2.39. The van der Waals surface area contributed by atoms with Crippen molar-refractivity contribution < 1.29 is 42.3 Å². The monoisotopic (exact) mass is 716 g/mol. The molecular weight excluding hydrogens is 677 g/mol. The number of alkyl halides is 2. The molecule has 3 N–H and O–H groups in total. The first-order chi connectivity index (χ1) is 23.2. The number of likely N-dealkylation sites (tertiary alicyclic amines) is 1. The van der Waals surface area contributed by atoms with E-state index in [4.69, 9.17) is 0 Å². The first-order valence-corrected chi connectivity index (χ1v) is 18.9. The Kier molecular flexibility index (Phi) is 9.96. The average Bonchev–Trinajstić information content (AvgIpc) is 3.84. The van der Waals surface area contributed by atoms with Crippen LogP contribution in [0.4, 0.5) is 8.78 Å². The maximum Gasteiger partial charge on any atom is 0.399 e. The Hall–Kier alpha value is -3.71. The third-order valence-electron chi connectivity index (χ3n) is 9.85. The van der Waals surface area contributed by atoms with E-state index in [1.807, 2.05) is 37.3 Å².